The van der Waals surface area contributed by atoms with Crippen LogP contribution in [0.25, 0.3) is 0 Å². The highest BCUT2D eigenvalue weighted by Crippen LogP contribution is 2.09. The first-order valence-electron chi connectivity index (χ1n) is 4.58. The van der Waals surface area contributed by atoms with Crippen LogP contribution >= 0.6 is 0 Å². The van der Waals surface area contributed by atoms with Gasteiger partial charge in [0.15, 0.2) is 0 Å². The van der Waals surface area contributed by atoms with Gasteiger partial charge >= 0.3 is 0 Å². The maximum atomic E-state index is 4.30. The Morgan fingerprint density at radius 3 is 3.17 bits per heavy atom. The lowest BCUT2D eigenvalue weighted by Crippen LogP contribution is -2.23. The Kier molecular flexibility index (Phi) is 2.37. The number of nitrogens with one attached hydrogen (secondary N) is 1. The van der Waals surface area contributed by atoms with Crippen LogP contribution < -0.4 is 5.32 Å². The van der Waals surface area contributed by atoms with Crippen LogP contribution in [0.1, 0.15) is 18.5 Å². The van der Waals surface area contributed by atoms with E-state index in [2.05, 4.69) is 22.4 Å². The Balaban J connectivity index is 1.94. The lowest BCUT2D eigenvalue weighted by atomic mass is 10.1. The van der Waals surface area contributed by atoms with E-state index < -0.39 is 0 Å². The summed E-state index contributed by atoms with van der Waals surface area (Å²) in [6.45, 7) is 1.18. The molecular formula is C10H14N2. The Hall–Kier alpha value is -0.890. The second-order valence-electron chi connectivity index (χ2n) is 3.32. The molecule has 2 rings (SSSR count). The summed E-state index contributed by atoms with van der Waals surface area (Å²) in [6, 6.07) is 6.78. The minimum Gasteiger partial charge on any atom is -0.314 e. The molecule has 0 bridgehead atoms. The van der Waals surface area contributed by atoms with E-state index >= 15 is 0 Å². The minimum absolute atomic E-state index is 0.667. The van der Waals surface area contributed by atoms with E-state index in [-0.39, 0.29) is 0 Å². The first-order chi connectivity index (χ1) is 5.95. The molecule has 64 valence electrons. The lowest BCUT2D eigenvalue weighted by molar-refractivity contribution is 0.595. The molecule has 1 N–H and O–H groups in total. The van der Waals surface area contributed by atoms with Crippen LogP contribution in [-0.2, 0) is 6.42 Å². The fraction of sp³-hybridized carbons (Fsp3) is 0.500. The highest BCUT2D eigenvalue weighted by Gasteiger charge is 2.14. The highest BCUT2D eigenvalue weighted by molar-refractivity contribution is 5.05. The van der Waals surface area contributed by atoms with Crippen molar-refractivity contribution in [1.82, 2.24) is 10.3 Å². The normalized spacial score (nSPS) is 22.8. The quantitative estimate of drug-likeness (QED) is 0.710. The molecule has 1 aliphatic rings. The summed E-state index contributed by atoms with van der Waals surface area (Å²) < 4.78 is 0. The molecule has 12 heavy (non-hydrogen) atoms. The maximum Gasteiger partial charge on any atom is 0.0419 e. The first kappa shape index (κ1) is 7.74. The van der Waals surface area contributed by atoms with E-state index in [4.69, 9.17) is 0 Å². The van der Waals surface area contributed by atoms with Crippen molar-refractivity contribution in [3.63, 3.8) is 0 Å². The van der Waals surface area contributed by atoms with Crippen molar-refractivity contribution in [2.24, 2.45) is 0 Å². The Bertz CT molecular complexity index is 227. The molecule has 0 aliphatic carbocycles. The van der Waals surface area contributed by atoms with E-state index in [0.29, 0.717) is 6.04 Å². The molecule has 2 nitrogen and oxygen atoms in total. The van der Waals surface area contributed by atoms with Crippen molar-refractivity contribution in [3.8, 4) is 0 Å². The van der Waals surface area contributed by atoms with Gasteiger partial charge in [-0.05, 0) is 31.5 Å². The zero-order chi connectivity index (χ0) is 8.23. The third-order valence-corrected chi connectivity index (χ3v) is 2.34. The molecule has 0 aromatic carbocycles. The number of hydrogen-bond donors (Lipinski definition) is 1. The van der Waals surface area contributed by atoms with E-state index in [1.54, 1.807) is 0 Å². The average Bonchev–Trinajstić information content (AvgIpc) is 2.59. The fourth-order valence-electron chi connectivity index (χ4n) is 1.70. The van der Waals surface area contributed by atoms with Crippen LogP contribution in [0.2, 0.25) is 0 Å². The summed E-state index contributed by atoms with van der Waals surface area (Å²) in [5, 5.41) is 3.47. The number of pyridine rings is 1. The molecule has 2 heteroatoms. The summed E-state index contributed by atoms with van der Waals surface area (Å²) >= 11 is 0. The molecule has 1 aromatic rings. The zero-order valence-corrected chi connectivity index (χ0v) is 7.16. The molecule has 1 atom stereocenters. The van der Waals surface area contributed by atoms with Gasteiger partial charge in [-0.3, -0.25) is 4.98 Å². The molecular weight excluding hydrogens is 148 g/mol. The van der Waals surface area contributed by atoms with Crippen molar-refractivity contribution in [2.45, 2.75) is 25.3 Å². The summed E-state index contributed by atoms with van der Waals surface area (Å²) in [5.41, 5.74) is 1.21. The van der Waals surface area contributed by atoms with Crippen LogP contribution in [0.5, 0.6) is 0 Å². The van der Waals surface area contributed by atoms with Crippen LogP contribution in [0.3, 0.4) is 0 Å². The van der Waals surface area contributed by atoms with Gasteiger partial charge in [0, 0.05) is 24.4 Å². The standard InChI is InChI=1S/C10H14N2/c1-2-6-11-9(4-1)8-10-5-3-7-12-10/h1-2,4,6,10,12H,3,5,7-8H2. The second kappa shape index (κ2) is 3.68. The van der Waals surface area contributed by atoms with E-state index in [1.165, 1.54) is 25.1 Å². The number of nitrogens with zero attached hydrogens (tertiary/aromatic N) is 1. The summed E-state index contributed by atoms with van der Waals surface area (Å²) in [4.78, 5) is 4.30. The molecule has 0 amide bonds. The summed E-state index contributed by atoms with van der Waals surface area (Å²) in [5.74, 6) is 0. The van der Waals surface area contributed by atoms with Crippen molar-refractivity contribution in [2.75, 3.05) is 6.54 Å². The summed E-state index contributed by atoms with van der Waals surface area (Å²) in [7, 11) is 0. The zero-order valence-electron chi connectivity index (χ0n) is 7.16. The monoisotopic (exact) mass is 162 g/mol. The van der Waals surface area contributed by atoms with E-state index in [1.807, 2.05) is 12.3 Å². The molecule has 1 unspecified atom stereocenters. The average molecular weight is 162 g/mol. The minimum atomic E-state index is 0.667. The van der Waals surface area contributed by atoms with Gasteiger partial charge < -0.3 is 5.32 Å². The predicted octanol–water partition coefficient (Wildman–Crippen LogP) is 1.38. The number of hydrogen-bond acceptors (Lipinski definition) is 2. The van der Waals surface area contributed by atoms with Gasteiger partial charge in [-0.25, -0.2) is 0 Å². The fourth-order valence-corrected chi connectivity index (χ4v) is 1.70. The van der Waals surface area contributed by atoms with Crippen LogP contribution in [0.4, 0.5) is 0 Å². The molecule has 1 saturated heterocycles. The van der Waals surface area contributed by atoms with E-state index in [9.17, 15) is 0 Å². The first-order valence-corrected chi connectivity index (χ1v) is 4.58. The van der Waals surface area contributed by atoms with Gasteiger partial charge in [0.2, 0.25) is 0 Å². The van der Waals surface area contributed by atoms with Crippen molar-refractivity contribution in [1.29, 1.82) is 0 Å². The van der Waals surface area contributed by atoms with Gasteiger partial charge in [0.1, 0.15) is 0 Å². The smallest absolute Gasteiger partial charge is 0.0419 e. The maximum absolute atomic E-state index is 4.30. The van der Waals surface area contributed by atoms with Crippen LogP contribution in [0.15, 0.2) is 24.4 Å². The lowest BCUT2D eigenvalue weighted by Gasteiger charge is -2.08. The molecule has 1 aromatic heterocycles. The Morgan fingerprint density at radius 1 is 1.50 bits per heavy atom. The van der Waals surface area contributed by atoms with Gasteiger partial charge in [-0.1, -0.05) is 6.07 Å². The molecule has 1 fully saturated rings. The Morgan fingerprint density at radius 2 is 2.50 bits per heavy atom. The molecule has 0 spiro atoms. The van der Waals surface area contributed by atoms with Crippen molar-refractivity contribution in [3.05, 3.63) is 30.1 Å². The SMILES string of the molecule is c1ccc(CC2CCCN2)nc1. The second-order valence-corrected chi connectivity index (χ2v) is 3.32. The van der Waals surface area contributed by atoms with Crippen LogP contribution in [0, 0.1) is 0 Å². The molecule has 2 heterocycles. The highest BCUT2D eigenvalue weighted by atomic mass is 14.9. The number of rotatable bonds is 2. The third-order valence-electron chi connectivity index (χ3n) is 2.34. The third kappa shape index (κ3) is 1.83. The Labute approximate surface area is 73.0 Å². The van der Waals surface area contributed by atoms with Gasteiger partial charge in [0.25, 0.3) is 0 Å². The molecule has 1 aliphatic heterocycles. The van der Waals surface area contributed by atoms with Gasteiger partial charge in [-0.2, -0.15) is 0 Å². The van der Waals surface area contributed by atoms with Crippen molar-refractivity contribution >= 4 is 0 Å². The predicted molar refractivity (Wildman–Crippen MR) is 49.0 cm³/mol. The topological polar surface area (TPSA) is 24.9 Å². The van der Waals surface area contributed by atoms with Crippen LogP contribution in [-0.4, -0.2) is 17.6 Å². The van der Waals surface area contributed by atoms with Gasteiger partial charge in [0.05, 0.1) is 0 Å². The van der Waals surface area contributed by atoms with Gasteiger partial charge in [-0.15, -0.1) is 0 Å². The largest absolute Gasteiger partial charge is 0.314 e. The molecule has 0 radical (unpaired) electrons. The van der Waals surface area contributed by atoms with E-state index in [0.717, 1.165) is 6.42 Å². The van der Waals surface area contributed by atoms with Crippen molar-refractivity contribution < 1.29 is 0 Å². The summed E-state index contributed by atoms with van der Waals surface area (Å²) in [6.07, 6.45) is 5.57. The number of aromatic nitrogens is 1. The molecule has 0 saturated carbocycles.